The summed E-state index contributed by atoms with van der Waals surface area (Å²) in [6.45, 7) is 13.2. The molecule has 9 nitrogen and oxygen atoms in total. The van der Waals surface area contributed by atoms with Crippen LogP contribution in [0.4, 0.5) is 0 Å². The standard InChI is InChI=1S/C28H35N2O3.ClHO4/c1-4-32-26-10-6-23(7-11-26)25-20-22(3)30(15-14-29-16-18-31-19-17-29)28(21-25)24-8-12-27(13-9-24)33-5-2;2-1(3,4)5/h6-13,20-21H,4-5,14-19H2,1-3H3;(H,2,3,4,5)/q+1;/p-1. The molecule has 1 aliphatic rings. The van der Waals surface area contributed by atoms with Gasteiger partial charge in [-0.1, -0.05) is 12.1 Å². The van der Waals surface area contributed by atoms with Gasteiger partial charge in [-0.15, -0.1) is 10.2 Å². The van der Waals surface area contributed by atoms with Crippen LogP contribution >= 0.6 is 0 Å². The van der Waals surface area contributed by atoms with Crippen LogP contribution < -0.4 is 32.7 Å². The Labute approximate surface area is 226 Å². The normalized spacial score (nSPS) is 14.0. The summed E-state index contributed by atoms with van der Waals surface area (Å²) in [7, 11) is -4.94. The lowest BCUT2D eigenvalue weighted by Gasteiger charge is -2.25. The molecule has 0 unspecified atom stereocenters. The summed E-state index contributed by atoms with van der Waals surface area (Å²) in [6.07, 6.45) is 0. The van der Waals surface area contributed by atoms with Gasteiger partial charge in [0.2, 0.25) is 5.69 Å². The largest absolute Gasteiger partial charge is 0.494 e. The van der Waals surface area contributed by atoms with Gasteiger partial charge in [-0.2, -0.15) is 4.57 Å². The summed E-state index contributed by atoms with van der Waals surface area (Å²) in [4.78, 5) is 2.48. The van der Waals surface area contributed by atoms with E-state index >= 15 is 0 Å². The Hall–Kier alpha value is -2.76. The molecule has 1 fully saturated rings. The first-order valence-corrected chi connectivity index (χ1v) is 13.8. The van der Waals surface area contributed by atoms with Crippen molar-refractivity contribution in [2.75, 3.05) is 46.1 Å². The smallest absolute Gasteiger partial charge is 0.213 e. The molecule has 0 N–H and O–H groups in total. The van der Waals surface area contributed by atoms with Gasteiger partial charge >= 0.3 is 0 Å². The van der Waals surface area contributed by atoms with Gasteiger partial charge < -0.3 is 14.2 Å². The fourth-order valence-electron chi connectivity index (χ4n) is 4.33. The van der Waals surface area contributed by atoms with Crippen molar-refractivity contribution in [1.29, 1.82) is 0 Å². The average molecular weight is 547 g/mol. The van der Waals surface area contributed by atoms with Gasteiger partial charge in [0.1, 0.15) is 11.5 Å². The molecule has 38 heavy (non-hydrogen) atoms. The molecule has 0 atom stereocenters. The highest BCUT2D eigenvalue weighted by atomic mass is 35.7. The predicted molar refractivity (Wildman–Crippen MR) is 132 cm³/mol. The fraction of sp³-hybridized carbons (Fsp3) is 0.393. The van der Waals surface area contributed by atoms with Crippen LogP contribution in [-0.2, 0) is 11.3 Å². The lowest BCUT2D eigenvalue weighted by molar-refractivity contribution is -2.00. The maximum absolute atomic E-state index is 8.49. The van der Waals surface area contributed by atoms with Gasteiger partial charge in [-0.3, -0.25) is 4.90 Å². The first kappa shape index (κ1) is 29.8. The van der Waals surface area contributed by atoms with E-state index in [0.717, 1.165) is 50.9 Å². The predicted octanol–water partition coefficient (Wildman–Crippen LogP) is -0.00988. The molecular formula is C28H35ClN2O7. The maximum atomic E-state index is 8.49. The summed E-state index contributed by atoms with van der Waals surface area (Å²) in [5.41, 5.74) is 6.06. The van der Waals surface area contributed by atoms with Gasteiger partial charge in [0.25, 0.3) is 0 Å². The van der Waals surface area contributed by atoms with Crippen molar-refractivity contribution >= 4 is 0 Å². The highest BCUT2D eigenvalue weighted by Gasteiger charge is 2.21. The lowest BCUT2D eigenvalue weighted by Crippen LogP contribution is -2.68. The van der Waals surface area contributed by atoms with Crippen LogP contribution in [-0.4, -0.2) is 51.0 Å². The minimum absolute atomic E-state index is 0.672. The zero-order valence-electron chi connectivity index (χ0n) is 22.1. The number of benzene rings is 2. The van der Waals surface area contributed by atoms with Gasteiger partial charge in [0.15, 0.2) is 12.2 Å². The van der Waals surface area contributed by atoms with Crippen LogP contribution in [0.25, 0.3) is 22.4 Å². The molecule has 0 saturated carbocycles. The van der Waals surface area contributed by atoms with E-state index in [2.05, 4.69) is 64.9 Å². The molecule has 1 saturated heterocycles. The Morgan fingerprint density at radius 3 is 1.79 bits per heavy atom. The first-order chi connectivity index (χ1) is 18.2. The SMILES string of the molecule is CCOc1ccc(-c2cc(C)[n+](CCN3CCOCC3)c(-c3ccc(OCC)cc3)c2)cc1.[O-][Cl+3]([O-])([O-])[O-]. The molecule has 4 rings (SSSR count). The highest BCUT2D eigenvalue weighted by molar-refractivity contribution is 5.70. The van der Waals surface area contributed by atoms with Crippen LogP contribution in [0, 0.1) is 17.2 Å². The highest BCUT2D eigenvalue weighted by Crippen LogP contribution is 2.28. The molecule has 10 heteroatoms. The van der Waals surface area contributed by atoms with Gasteiger partial charge in [0, 0.05) is 37.7 Å². The van der Waals surface area contributed by atoms with E-state index in [0.29, 0.717) is 13.2 Å². The molecule has 0 amide bonds. The number of ether oxygens (including phenoxy) is 3. The number of halogens is 1. The summed E-state index contributed by atoms with van der Waals surface area (Å²) in [5, 5.41) is 0. The van der Waals surface area contributed by atoms with Crippen LogP contribution in [0.15, 0.2) is 60.7 Å². The Kier molecular flexibility index (Phi) is 11.3. The third-order valence-corrected chi connectivity index (χ3v) is 6.08. The summed E-state index contributed by atoms with van der Waals surface area (Å²) >= 11 is 0. The number of rotatable bonds is 9. The second-order valence-electron chi connectivity index (χ2n) is 8.67. The van der Waals surface area contributed by atoms with Crippen LogP contribution in [0.1, 0.15) is 19.5 Å². The average Bonchev–Trinajstić information content (AvgIpc) is 2.89. The van der Waals surface area contributed by atoms with Gasteiger partial charge in [-0.25, -0.2) is 18.6 Å². The van der Waals surface area contributed by atoms with Crippen molar-refractivity contribution in [3.63, 3.8) is 0 Å². The monoisotopic (exact) mass is 546 g/mol. The molecule has 2 heterocycles. The van der Waals surface area contributed by atoms with Crippen molar-refractivity contribution in [2.45, 2.75) is 27.3 Å². The Balaban J connectivity index is 0.000000732. The second-order valence-corrected chi connectivity index (χ2v) is 9.42. The lowest BCUT2D eigenvalue weighted by atomic mass is 10.0. The molecule has 1 aliphatic heterocycles. The molecule has 0 spiro atoms. The Morgan fingerprint density at radius 1 is 0.789 bits per heavy atom. The second kappa shape index (κ2) is 14.4. The Morgan fingerprint density at radius 2 is 1.29 bits per heavy atom. The van der Waals surface area contributed by atoms with Crippen LogP contribution in [0.3, 0.4) is 0 Å². The maximum Gasteiger partial charge on any atom is 0.213 e. The topological polar surface area (TPSA) is 127 Å². The van der Waals surface area contributed by atoms with Crippen molar-refractivity contribution in [2.24, 2.45) is 0 Å². The molecule has 206 valence electrons. The third kappa shape index (κ3) is 9.52. The van der Waals surface area contributed by atoms with E-state index in [-0.39, 0.29) is 0 Å². The minimum atomic E-state index is -4.94. The number of aromatic nitrogens is 1. The number of nitrogens with zero attached hydrogens (tertiary/aromatic N) is 2. The van der Waals surface area contributed by atoms with E-state index in [1.54, 1.807) is 0 Å². The van der Waals surface area contributed by atoms with Crippen LogP contribution in [0.2, 0.25) is 0 Å². The molecule has 3 aromatic rings. The van der Waals surface area contributed by atoms with Gasteiger partial charge in [-0.05, 0) is 61.4 Å². The van der Waals surface area contributed by atoms with Gasteiger partial charge in [0.05, 0.1) is 33.0 Å². The van der Waals surface area contributed by atoms with E-state index in [1.165, 1.54) is 28.1 Å². The van der Waals surface area contributed by atoms with Crippen molar-refractivity contribution in [3.05, 3.63) is 66.4 Å². The van der Waals surface area contributed by atoms with E-state index in [4.69, 9.17) is 32.8 Å². The number of hydrogen-bond donors (Lipinski definition) is 0. The number of hydrogen-bond acceptors (Lipinski definition) is 8. The zero-order chi connectivity index (χ0) is 27.5. The van der Waals surface area contributed by atoms with E-state index < -0.39 is 10.2 Å². The first-order valence-electron chi connectivity index (χ1n) is 12.6. The zero-order valence-corrected chi connectivity index (χ0v) is 22.8. The molecule has 1 aromatic heterocycles. The van der Waals surface area contributed by atoms with Crippen molar-refractivity contribution in [3.8, 4) is 33.9 Å². The number of morpholine rings is 1. The third-order valence-electron chi connectivity index (χ3n) is 6.08. The molecular weight excluding hydrogens is 512 g/mol. The molecule has 0 radical (unpaired) electrons. The van der Waals surface area contributed by atoms with Crippen LogP contribution in [0.5, 0.6) is 11.5 Å². The van der Waals surface area contributed by atoms with E-state index in [1.807, 2.05) is 26.0 Å². The number of pyridine rings is 1. The summed E-state index contributed by atoms with van der Waals surface area (Å²) in [6, 6.07) is 21.4. The summed E-state index contributed by atoms with van der Waals surface area (Å²) < 4.78 is 53.2. The quantitative estimate of drug-likeness (QED) is 0.343. The fourth-order valence-corrected chi connectivity index (χ4v) is 4.33. The van der Waals surface area contributed by atoms with Crippen molar-refractivity contribution < 1.29 is 47.7 Å². The molecule has 0 bridgehead atoms. The molecule has 2 aromatic carbocycles. The number of aryl methyl sites for hydroxylation is 1. The van der Waals surface area contributed by atoms with E-state index in [9.17, 15) is 0 Å². The Bertz CT molecular complexity index is 1120. The van der Waals surface area contributed by atoms with Crippen molar-refractivity contribution in [1.82, 2.24) is 4.90 Å². The molecule has 0 aliphatic carbocycles. The minimum Gasteiger partial charge on any atom is -0.494 e. The summed E-state index contributed by atoms with van der Waals surface area (Å²) in [5.74, 6) is 1.81.